The number of fused-ring (bicyclic) bond motifs is 1. The predicted molar refractivity (Wildman–Crippen MR) is 143 cm³/mol. The summed E-state index contributed by atoms with van der Waals surface area (Å²) in [5.41, 5.74) is 1.85. The minimum absolute atomic E-state index is 0.0710. The fraction of sp³-hybridized carbons (Fsp3) is 0.214. The van der Waals surface area contributed by atoms with Crippen LogP contribution in [0.3, 0.4) is 0 Å². The number of aromatic amines is 1. The van der Waals surface area contributed by atoms with E-state index in [0.29, 0.717) is 12.0 Å². The molecule has 208 valence electrons. The van der Waals surface area contributed by atoms with Gasteiger partial charge in [0, 0.05) is 28.7 Å². The molecule has 1 atom stereocenters. The van der Waals surface area contributed by atoms with Gasteiger partial charge in [-0.25, -0.2) is 13.6 Å². The number of alkyl halides is 3. The third-order valence-corrected chi connectivity index (χ3v) is 7.34. The molecule has 0 bridgehead atoms. The van der Waals surface area contributed by atoms with Crippen LogP contribution >= 0.6 is 0 Å². The van der Waals surface area contributed by atoms with Gasteiger partial charge in [-0.1, -0.05) is 49.4 Å². The van der Waals surface area contributed by atoms with Crippen molar-refractivity contribution >= 4 is 26.8 Å². The van der Waals surface area contributed by atoms with Gasteiger partial charge < -0.3 is 15.0 Å². The molecule has 1 amide bonds. The Morgan fingerprint density at radius 2 is 1.82 bits per heavy atom. The van der Waals surface area contributed by atoms with E-state index in [1.165, 1.54) is 0 Å². The fourth-order valence-corrected chi connectivity index (χ4v) is 5.51. The summed E-state index contributed by atoms with van der Waals surface area (Å²) in [6, 6.07) is 17.0. The zero-order valence-corrected chi connectivity index (χ0v) is 22.1. The zero-order valence-electron chi connectivity index (χ0n) is 21.2. The van der Waals surface area contributed by atoms with Crippen molar-refractivity contribution < 1.29 is 31.1 Å². The van der Waals surface area contributed by atoms with Gasteiger partial charge in [0.1, 0.15) is 16.2 Å². The maximum atomic E-state index is 13.6. The number of nitriles is 1. The van der Waals surface area contributed by atoms with E-state index < -0.39 is 44.5 Å². The highest BCUT2D eigenvalue weighted by atomic mass is 32.2. The van der Waals surface area contributed by atoms with Crippen molar-refractivity contribution in [1.29, 1.82) is 5.26 Å². The number of nitrogens with two attached hydrogens (primary N) is 1. The monoisotopic (exact) mass is 570 g/mol. The van der Waals surface area contributed by atoms with Crippen molar-refractivity contribution in [2.75, 3.05) is 0 Å². The molecule has 4 rings (SSSR count). The number of hydrogen-bond donors (Lipinski definition) is 3. The van der Waals surface area contributed by atoms with Crippen LogP contribution in [0.25, 0.3) is 22.0 Å². The number of nitrogens with one attached hydrogen (secondary N) is 2. The lowest BCUT2D eigenvalue weighted by Crippen LogP contribution is -2.38. The van der Waals surface area contributed by atoms with E-state index in [9.17, 15) is 31.6 Å². The molecule has 0 fully saturated rings. The Morgan fingerprint density at radius 3 is 2.45 bits per heavy atom. The molecule has 4 aromatic rings. The van der Waals surface area contributed by atoms with Crippen LogP contribution in [0.15, 0.2) is 71.8 Å². The van der Waals surface area contributed by atoms with Crippen molar-refractivity contribution in [3.8, 4) is 22.9 Å². The summed E-state index contributed by atoms with van der Waals surface area (Å²) in [5, 5.41) is 18.2. The van der Waals surface area contributed by atoms with Crippen LogP contribution in [0.2, 0.25) is 0 Å². The minimum atomic E-state index is -5.23. The first-order valence-electron chi connectivity index (χ1n) is 12.2. The van der Waals surface area contributed by atoms with E-state index in [2.05, 4.69) is 15.0 Å². The number of hydrogen-bond acceptors (Lipinski definition) is 5. The second-order valence-electron chi connectivity index (χ2n) is 9.05. The van der Waals surface area contributed by atoms with Gasteiger partial charge in [0.2, 0.25) is 10.0 Å². The number of aromatic nitrogens is 1. The highest BCUT2D eigenvalue weighted by Crippen LogP contribution is 2.37. The average Bonchev–Trinajstić information content (AvgIpc) is 3.30. The summed E-state index contributed by atoms with van der Waals surface area (Å²) >= 11 is 0. The Kier molecular flexibility index (Phi) is 8.18. The Bertz CT molecular complexity index is 1690. The SMILES string of the molecule is CCc1ccc(-c2ccc(OC(F)(F)F)c(C(=O)NC(CC#N)Cc3c[nH]c4ccccc34)c2S(N)(=O)=O)cc1. The Labute approximate surface area is 228 Å². The summed E-state index contributed by atoms with van der Waals surface area (Å²) in [4.78, 5) is 15.8. The van der Waals surface area contributed by atoms with E-state index in [0.717, 1.165) is 34.2 Å². The number of benzene rings is 3. The smallest absolute Gasteiger partial charge is 0.405 e. The number of aryl methyl sites for hydroxylation is 1. The first-order chi connectivity index (χ1) is 18.9. The van der Waals surface area contributed by atoms with Crippen molar-refractivity contribution in [1.82, 2.24) is 10.3 Å². The molecule has 0 saturated heterocycles. The minimum Gasteiger partial charge on any atom is -0.405 e. The number of para-hydroxylation sites is 1. The van der Waals surface area contributed by atoms with Crippen LogP contribution in [0, 0.1) is 11.3 Å². The normalized spacial score (nSPS) is 12.6. The van der Waals surface area contributed by atoms with Crippen LogP contribution in [-0.2, 0) is 22.9 Å². The third-order valence-electron chi connectivity index (χ3n) is 6.34. The molecule has 1 unspecified atom stereocenters. The predicted octanol–water partition coefficient (Wildman–Crippen LogP) is 5.20. The average molecular weight is 571 g/mol. The van der Waals surface area contributed by atoms with Gasteiger partial charge in [0.05, 0.1) is 12.5 Å². The summed E-state index contributed by atoms with van der Waals surface area (Å²) in [6.07, 6.45) is -2.89. The molecule has 1 heterocycles. The van der Waals surface area contributed by atoms with Gasteiger partial charge in [0.15, 0.2) is 0 Å². The molecule has 0 saturated carbocycles. The Morgan fingerprint density at radius 1 is 1.12 bits per heavy atom. The van der Waals surface area contributed by atoms with E-state index in [4.69, 9.17) is 5.14 Å². The zero-order chi connectivity index (χ0) is 29.1. The topological polar surface area (TPSA) is 138 Å². The van der Waals surface area contributed by atoms with Crippen LogP contribution in [-0.4, -0.2) is 31.7 Å². The lowest BCUT2D eigenvalue weighted by molar-refractivity contribution is -0.274. The molecular formula is C28H25F3N4O4S. The number of nitrogens with zero attached hydrogens (tertiary/aromatic N) is 1. The van der Waals surface area contributed by atoms with E-state index in [1.54, 1.807) is 30.5 Å². The van der Waals surface area contributed by atoms with Gasteiger partial charge in [-0.3, -0.25) is 4.79 Å². The van der Waals surface area contributed by atoms with Crippen molar-refractivity contribution in [2.24, 2.45) is 5.14 Å². The Hall–Kier alpha value is -4.34. The molecule has 0 aliphatic rings. The maximum absolute atomic E-state index is 13.6. The third kappa shape index (κ3) is 6.44. The Balaban J connectivity index is 1.82. The molecule has 1 aromatic heterocycles. The number of halogens is 3. The maximum Gasteiger partial charge on any atom is 0.573 e. The number of primary sulfonamides is 1. The molecule has 0 radical (unpaired) electrons. The molecular weight excluding hydrogens is 545 g/mol. The van der Waals surface area contributed by atoms with Crippen molar-refractivity contribution in [2.45, 2.75) is 43.5 Å². The number of carbonyl (C=O) groups is 1. The van der Waals surface area contributed by atoms with Crippen LogP contribution < -0.4 is 15.2 Å². The molecule has 0 spiro atoms. The molecule has 12 heteroatoms. The van der Waals surface area contributed by atoms with Gasteiger partial charge in [0.25, 0.3) is 5.91 Å². The standard InChI is InChI=1S/C28H25F3N4O4S/c1-2-17-7-9-18(10-8-17)22-11-12-24(39-28(29,30)31)25(26(22)40(33,37)38)27(36)35-20(13-14-32)15-19-16-34-23-6-4-3-5-21(19)23/h3-12,16,20,34H,2,13,15H2,1H3,(H,35,36)(H2,33,37,38). The molecule has 4 N–H and O–H groups in total. The number of rotatable bonds is 9. The van der Waals surface area contributed by atoms with E-state index in [1.807, 2.05) is 37.3 Å². The first-order valence-corrected chi connectivity index (χ1v) is 13.7. The largest absolute Gasteiger partial charge is 0.573 e. The molecule has 8 nitrogen and oxygen atoms in total. The van der Waals surface area contributed by atoms with Crippen LogP contribution in [0.4, 0.5) is 13.2 Å². The fourth-order valence-electron chi connectivity index (χ4n) is 4.54. The summed E-state index contributed by atoms with van der Waals surface area (Å²) < 4.78 is 69.7. The highest BCUT2D eigenvalue weighted by molar-refractivity contribution is 7.89. The number of amides is 1. The summed E-state index contributed by atoms with van der Waals surface area (Å²) in [6.45, 7) is 1.92. The molecule has 40 heavy (non-hydrogen) atoms. The summed E-state index contributed by atoms with van der Waals surface area (Å²) in [7, 11) is -4.76. The quantitative estimate of drug-likeness (QED) is 0.254. The molecule has 3 aromatic carbocycles. The van der Waals surface area contributed by atoms with Crippen molar-refractivity contribution in [3.63, 3.8) is 0 Å². The van der Waals surface area contributed by atoms with Gasteiger partial charge in [-0.05, 0) is 47.7 Å². The van der Waals surface area contributed by atoms with Gasteiger partial charge >= 0.3 is 6.36 Å². The van der Waals surface area contributed by atoms with E-state index >= 15 is 0 Å². The lowest BCUT2D eigenvalue weighted by Gasteiger charge is -2.21. The second kappa shape index (κ2) is 11.4. The highest BCUT2D eigenvalue weighted by Gasteiger charge is 2.36. The second-order valence-corrected chi connectivity index (χ2v) is 10.6. The molecule has 0 aliphatic carbocycles. The van der Waals surface area contributed by atoms with Crippen LogP contribution in [0.1, 0.15) is 34.8 Å². The number of sulfonamides is 1. The number of carbonyl (C=O) groups excluding carboxylic acids is 1. The number of ether oxygens (including phenoxy) is 1. The summed E-state index contributed by atoms with van der Waals surface area (Å²) in [5.74, 6) is -2.22. The molecule has 0 aliphatic heterocycles. The lowest BCUT2D eigenvalue weighted by atomic mass is 9.99. The van der Waals surface area contributed by atoms with Gasteiger partial charge in [-0.2, -0.15) is 5.26 Å². The van der Waals surface area contributed by atoms with Gasteiger partial charge in [-0.15, -0.1) is 13.2 Å². The number of H-pyrrole nitrogens is 1. The van der Waals surface area contributed by atoms with Crippen LogP contribution in [0.5, 0.6) is 5.75 Å². The first kappa shape index (κ1) is 28.7. The van der Waals surface area contributed by atoms with E-state index in [-0.39, 0.29) is 18.4 Å². The van der Waals surface area contributed by atoms with Crippen molar-refractivity contribution in [3.05, 3.63) is 83.6 Å².